The van der Waals surface area contributed by atoms with Crippen LogP contribution in [0.5, 0.6) is 0 Å². The van der Waals surface area contributed by atoms with Gasteiger partial charge in [0.1, 0.15) is 0 Å². The fourth-order valence-electron chi connectivity index (χ4n) is 10.9. The van der Waals surface area contributed by atoms with E-state index in [9.17, 15) is 0 Å². The van der Waals surface area contributed by atoms with E-state index in [4.69, 9.17) is 0 Å². The Morgan fingerprint density at radius 1 is 0.382 bits per heavy atom. The number of fused-ring (bicyclic) bond motifs is 7. The largest absolute Gasteiger partial charge is 0.311 e. The zero-order chi connectivity index (χ0) is 46.6. The summed E-state index contributed by atoms with van der Waals surface area (Å²) in [6.45, 7) is 13.8. The SMILES string of the molecule is CC(C)(C)c1ccc2c3ccc(C(C)(C)C)cc3n(-c3cc4c5c(c3)N(c3ccccc3-c3ccccc3)c3cc(Br)ccc3B5c3cc(Br)ccc3N4c3ccccc3-c3ccccc3)c2c1. The van der Waals surface area contributed by atoms with Crippen LogP contribution < -0.4 is 26.2 Å². The van der Waals surface area contributed by atoms with E-state index in [1.807, 2.05) is 0 Å². The van der Waals surface area contributed by atoms with E-state index in [1.54, 1.807) is 0 Å². The minimum atomic E-state index is -0.0666. The molecule has 9 aromatic carbocycles. The van der Waals surface area contributed by atoms with Crippen molar-refractivity contribution < 1.29 is 0 Å². The van der Waals surface area contributed by atoms with Crippen molar-refractivity contribution >= 4 is 111 Å². The summed E-state index contributed by atoms with van der Waals surface area (Å²) in [7, 11) is 0. The van der Waals surface area contributed by atoms with Crippen LogP contribution in [0.15, 0.2) is 203 Å². The number of benzene rings is 9. The van der Waals surface area contributed by atoms with E-state index in [2.05, 4.69) is 282 Å². The van der Waals surface area contributed by atoms with Gasteiger partial charge in [0.05, 0.1) is 28.1 Å². The van der Waals surface area contributed by atoms with Gasteiger partial charge in [-0.3, -0.25) is 0 Å². The molecule has 68 heavy (non-hydrogen) atoms. The first-order valence-electron chi connectivity index (χ1n) is 23.6. The molecule has 0 saturated heterocycles. The van der Waals surface area contributed by atoms with Crippen LogP contribution in [0.4, 0.5) is 34.1 Å². The lowest BCUT2D eigenvalue weighted by Gasteiger charge is -2.45. The van der Waals surface area contributed by atoms with E-state index in [1.165, 1.54) is 71.6 Å². The van der Waals surface area contributed by atoms with Gasteiger partial charge in [-0.05, 0) is 110 Å². The molecule has 0 unspecified atom stereocenters. The predicted molar refractivity (Wildman–Crippen MR) is 298 cm³/mol. The first kappa shape index (κ1) is 42.7. The number of aromatic nitrogens is 1. The Morgan fingerprint density at radius 2 is 0.853 bits per heavy atom. The van der Waals surface area contributed by atoms with Gasteiger partial charge < -0.3 is 14.4 Å². The van der Waals surface area contributed by atoms with E-state index >= 15 is 0 Å². The standard InChI is InChI=1S/C62H50BBr2N3/c1-61(2,3)41-25-29-48-49-30-26-42(62(4,5)6)34-56(49)66(55(48)33-41)45-37-58-60-59(38-45)68(53-24-16-14-22-47(53)40-19-11-8-12-20-40)57-36-44(65)27-31-50(57)63(60)51-35-43(64)28-32-54(51)67(58)52-23-15-13-21-46(52)39-17-9-7-10-18-39/h7-38H,1-6H3. The van der Waals surface area contributed by atoms with Gasteiger partial charge in [0, 0.05) is 53.6 Å². The van der Waals surface area contributed by atoms with Gasteiger partial charge in [-0.15, -0.1) is 0 Å². The Hall–Kier alpha value is -6.60. The number of hydrogen-bond acceptors (Lipinski definition) is 2. The highest BCUT2D eigenvalue weighted by Crippen LogP contribution is 2.50. The Kier molecular flexibility index (Phi) is 10.1. The van der Waals surface area contributed by atoms with Crippen molar-refractivity contribution in [2.75, 3.05) is 9.80 Å². The van der Waals surface area contributed by atoms with Crippen LogP contribution in [0.2, 0.25) is 0 Å². The monoisotopic (exact) mass is 1010 g/mol. The highest BCUT2D eigenvalue weighted by Gasteiger charge is 2.44. The fourth-order valence-corrected chi connectivity index (χ4v) is 11.6. The average Bonchev–Trinajstić information content (AvgIpc) is 3.67. The van der Waals surface area contributed by atoms with Gasteiger partial charge in [0.2, 0.25) is 0 Å². The van der Waals surface area contributed by atoms with E-state index in [0.29, 0.717) is 0 Å². The first-order chi connectivity index (χ1) is 32.8. The summed E-state index contributed by atoms with van der Waals surface area (Å²) in [5, 5.41) is 2.50. The molecule has 10 aromatic rings. The number of hydrogen-bond donors (Lipinski definition) is 0. The van der Waals surface area contributed by atoms with Crippen molar-refractivity contribution in [2.45, 2.75) is 52.4 Å². The number of nitrogens with zero attached hydrogens (tertiary/aromatic N) is 3. The third-order valence-corrected chi connectivity index (χ3v) is 15.2. The smallest absolute Gasteiger partial charge is 0.252 e. The summed E-state index contributed by atoms with van der Waals surface area (Å²) >= 11 is 7.95. The molecule has 0 bridgehead atoms. The van der Waals surface area contributed by atoms with Crippen molar-refractivity contribution in [2.24, 2.45) is 0 Å². The highest BCUT2D eigenvalue weighted by molar-refractivity contribution is 9.10. The van der Waals surface area contributed by atoms with Gasteiger partial charge in [-0.25, -0.2) is 0 Å². The van der Waals surface area contributed by atoms with Crippen molar-refractivity contribution in [3.63, 3.8) is 0 Å². The number of para-hydroxylation sites is 2. The van der Waals surface area contributed by atoms with Crippen molar-refractivity contribution in [1.82, 2.24) is 4.57 Å². The van der Waals surface area contributed by atoms with Gasteiger partial charge in [-0.1, -0.05) is 207 Å². The summed E-state index contributed by atoms with van der Waals surface area (Å²) in [5.41, 5.74) is 21.4. The maximum absolute atomic E-state index is 3.98. The average molecular weight is 1010 g/mol. The molecular formula is C62H50BBr2N3. The molecule has 330 valence electrons. The molecule has 2 aliphatic heterocycles. The lowest BCUT2D eigenvalue weighted by Crippen LogP contribution is -2.61. The summed E-state index contributed by atoms with van der Waals surface area (Å²) in [6, 6.07) is 72.6. The molecule has 1 aromatic heterocycles. The molecule has 0 spiro atoms. The molecule has 3 heterocycles. The molecular weight excluding hydrogens is 957 g/mol. The van der Waals surface area contributed by atoms with E-state index < -0.39 is 0 Å². The molecule has 12 rings (SSSR count). The Bertz CT molecular complexity index is 3570. The number of anilines is 6. The highest BCUT2D eigenvalue weighted by atomic mass is 79.9. The molecule has 0 fully saturated rings. The third kappa shape index (κ3) is 6.90. The second-order valence-electron chi connectivity index (χ2n) is 20.5. The molecule has 6 heteroatoms. The first-order valence-corrected chi connectivity index (χ1v) is 25.2. The minimum Gasteiger partial charge on any atom is -0.311 e. The van der Waals surface area contributed by atoms with Crippen LogP contribution in [-0.4, -0.2) is 11.3 Å². The van der Waals surface area contributed by atoms with E-state index in [-0.39, 0.29) is 17.5 Å². The van der Waals surface area contributed by atoms with Crippen molar-refractivity contribution in [3.05, 3.63) is 214 Å². The lowest BCUT2D eigenvalue weighted by atomic mass is 9.33. The molecule has 2 aliphatic rings. The number of rotatable bonds is 5. The Labute approximate surface area is 417 Å². The summed E-state index contributed by atoms with van der Waals surface area (Å²) in [4.78, 5) is 5.11. The van der Waals surface area contributed by atoms with Gasteiger partial charge in [-0.2, -0.15) is 0 Å². The van der Waals surface area contributed by atoms with Gasteiger partial charge in [0.25, 0.3) is 6.71 Å². The maximum Gasteiger partial charge on any atom is 0.252 e. The van der Waals surface area contributed by atoms with Crippen LogP contribution in [0.1, 0.15) is 52.7 Å². The number of halogens is 2. The topological polar surface area (TPSA) is 11.4 Å². The van der Waals surface area contributed by atoms with Crippen molar-refractivity contribution in [3.8, 4) is 27.9 Å². The summed E-state index contributed by atoms with van der Waals surface area (Å²) < 4.78 is 4.66. The second-order valence-corrected chi connectivity index (χ2v) is 22.3. The molecule has 0 aliphatic carbocycles. The van der Waals surface area contributed by atoms with E-state index in [0.717, 1.165) is 48.8 Å². The Balaban J connectivity index is 1.27. The van der Waals surface area contributed by atoms with Crippen LogP contribution in [-0.2, 0) is 10.8 Å². The summed E-state index contributed by atoms with van der Waals surface area (Å²) in [5.74, 6) is 0. The second kappa shape index (κ2) is 16.0. The molecule has 0 saturated carbocycles. The zero-order valence-corrected chi connectivity index (χ0v) is 42.3. The van der Waals surface area contributed by atoms with Crippen LogP contribution >= 0.6 is 31.9 Å². The predicted octanol–water partition coefficient (Wildman–Crippen LogP) is 16.3. The third-order valence-electron chi connectivity index (χ3n) is 14.2. The fraction of sp³-hybridized carbons (Fsp3) is 0.129. The zero-order valence-electron chi connectivity index (χ0n) is 39.2. The molecule has 0 amide bonds. The lowest BCUT2D eigenvalue weighted by molar-refractivity contribution is 0.591. The summed E-state index contributed by atoms with van der Waals surface area (Å²) in [6.07, 6.45) is 0. The normalized spacial score (nSPS) is 13.2. The van der Waals surface area contributed by atoms with Crippen LogP contribution in [0.3, 0.4) is 0 Å². The van der Waals surface area contributed by atoms with Gasteiger partial charge >= 0.3 is 0 Å². The van der Waals surface area contributed by atoms with Crippen LogP contribution in [0.25, 0.3) is 49.7 Å². The molecule has 0 radical (unpaired) electrons. The molecule has 0 N–H and O–H groups in total. The molecule has 3 nitrogen and oxygen atoms in total. The molecule has 0 atom stereocenters. The maximum atomic E-state index is 3.98. The van der Waals surface area contributed by atoms with Crippen LogP contribution in [0, 0.1) is 0 Å². The minimum absolute atomic E-state index is 0.0495. The Morgan fingerprint density at radius 3 is 1.38 bits per heavy atom. The van der Waals surface area contributed by atoms with Crippen molar-refractivity contribution in [1.29, 1.82) is 0 Å². The quantitative estimate of drug-likeness (QED) is 0.159. The van der Waals surface area contributed by atoms with Gasteiger partial charge in [0.15, 0.2) is 0 Å².